The van der Waals surface area contributed by atoms with Gasteiger partial charge in [-0.25, -0.2) is 12.8 Å². The second-order valence-electron chi connectivity index (χ2n) is 4.28. The van der Waals surface area contributed by atoms with Crippen LogP contribution >= 0.6 is 0 Å². The number of benzene rings is 2. The van der Waals surface area contributed by atoms with Gasteiger partial charge in [0.25, 0.3) is 10.0 Å². The van der Waals surface area contributed by atoms with Crippen LogP contribution in [0.4, 0.5) is 10.1 Å². The lowest BCUT2D eigenvalue weighted by Gasteiger charge is -2.12. The first-order valence-electron chi connectivity index (χ1n) is 5.87. The minimum absolute atomic E-state index is 0.0741. The summed E-state index contributed by atoms with van der Waals surface area (Å²) in [5, 5.41) is 18.5. The van der Waals surface area contributed by atoms with Crippen LogP contribution in [-0.2, 0) is 10.0 Å². The predicted octanol–water partition coefficient (Wildman–Crippen LogP) is 2.51. The average Bonchev–Trinajstić information content (AvgIpc) is 2.43. The van der Waals surface area contributed by atoms with Crippen molar-refractivity contribution in [3.05, 3.63) is 53.3 Å². The molecule has 0 heterocycles. The molecule has 0 saturated carbocycles. The standard InChI is InChI=1S/C14H11FN2O3S/c1-9-12(5-3-6-13(9)18)17-21(19,20)14-7-2-4-11(15)10(14)8-16/h2-7,17-18H,1H3. The van der Waals surface area contributed by atoms with Crippen molar-refractivity contribution in [1.29, 1.82) is 5.26 Å². The number of hydrogen-bond acceptors (Lipinski definition) is 4. The molecule has 108 valence electrons. The van der Waals surface area contributed by atoms with E-state index in [9.17, 15) is 17.9 Å². The fourth-order valence-corrected chi connectivity index (χ4v) is 3.06. The summed E-state index contributed by atoms with van der Waals surface area (Å²) in [5.74, 6) is -0.983. The third-order valence-corrected chi connectivity index (χ3v) is 4.33. The van der Waals surface area contributed by atoms with E-state index < -0.39 is 26.3 Å². The Morgan fingerprint density at radius 2 is 1.90 bits per heavy atom. The molecule has 0 bridgehead atoms. The van der Waals surface area contributed by atoms with Crippen molar-refractivity contribution in [2.75, 3.05) is 4.72 Å². The Balaban J connectivity index is 2.52. The molecule has 0 aliphatic rings. The van der Waals surface area contributed by atoms with Crippen LogP contribution in [0.25, 0.3) is 0 Å². The molecule has 0 aromatic heterocycles. The molecule has 2 aromatic rings. The highest BCUT2D eigenvalue weighted by molar-refractivity contribution is 7.92. The van der Waals surface area contributed by atoms with Gasteiger partial charge in [-0.2, -0.15) is 5.26 Å². The molecule has 0 aliphatic carbocycles. The van der Waals surface area contributed by atoms with E-state index in [2.05, 4.69) is 4.72 Å². The summed E-state index contributed by atoms with van der Waals surface area (Å²) in [5.41, 5.74) is -0.0676. The summed E-state index contributed by atoms with van der Waals surface area (Å²) in [6.45, 7) is 1.53. The highest BCUT2D eigenvalue weighted by Crippen LogP contribution is 2.27. The Morgan fingerprint density at radius 1 is 1.24 bits per heavy atom. The van der Waals surface area contributed by atoms with Crippen LogP contribution in [0.3, 0.4) is 0 Å². The lowest BCUT2D eigenvalue weighted by Crippen LogP contribution is -2.15. The summed E-state index contributed by atoms with van der Waals surface area (Å²) in [7, 11) is -4.14. The number of phenolic OH excluding ortho intramolecular Hbond substituents is 1. The summed E-state index contributed by atoms with van der Waals surface area (Å²) in [4.78, 5) is -0.451. The van der Waals surface area contributed by atoms with E-state index in [1.165, 1.54) is 37.3 Å². The smallest absolute Gasteiger partial charge is 0.263 e. The second-order valence-corrected chi connectivity index (χ2v) is 5.93. The quantitative estimate of drug-likeness (QED) is 0.911. The van der Waals surface area contributed by atoms with Crippen LogP contribution in [0, 0.1) is 24.1 Å². The van der Waals surface area contributed by atoms with Crippen molar-refractivity contribution in [3.8, 4) is 11.8 Å². The van der Waals surface area contributed by atoms with Gasteiger partial charge in [-0.05, 0) is 31.2 Å². The maximum absolute atomic E-state index is 13.5. The Bertz CT molecular complexity index is 842. The number of aromatic hydroxyl groups is 1. The van der Waals surface area contributed by atoms with E-state index in [4.69, 9.17) is 5.26 Å². The van der Waals surface area contributed by atoms with Crippen LogP contribution in [0.1, 0.15) is 11.1 Å². The molecule has 7 heteroatoms. The molecule has 2 N–H and O–H groups in total. The highest BCUT2D eigenvalue weighted by Gasteiger charge is 2.22. The van der Waals surface area contributed by atoms with E-state index in [-0.39, 0.29) is 11.4 Å². The van der Waals surface area contributed by atoms with Crippen molar-refractivity contribution in [1.82, 2.24) is 0 Å². The molecule has 0 radical (unpaired) electrons. The lowest BCUT2D eigenvalue weighted by atomic mass is 10.2. The molecule has 5 nitrogen and oxygen atoms in total. The van der Waals surface area contributed by atoms with E-state index >= 15 is 0 Å². The predicted molar refractivity (Wildman–Crippen MR) is 74.8 cm³/mol. The maximum Gasteiger partial charge on any atom is 0.263 e. The van der Waals surface area contributed by atoms with Gasteiger partial charge in [-0.1, -0.05) is 12.1 Å². The third-order valence-electron chi connectivity index (χ3n) is 2.93. The van der Waals surface area contributed by atoms with Crippen LogP contribution in [0.15, 0.2) is 41.3 Å². The zero-order valence-corrected chi connectivity index (χ0v) is 11.8. The Morgan fingerprint density at radius 3 is 2.57 bits per heavy atom. The molecule has 21 heavy (non-hydrogen) atoms. The Hall–Kier alpha value is -2.59. The molecule has 0 fully saturated rings. The highest BCUT2D eigenvalue weighted by atomic mass is 32.2. The fourth-order valence-electron chi connectivity index (χ4n) is 1.77. The number of sulfonamides is 1. The maximum atomic E-state index is 13.5. The van der Waals surface area contributed by atoms with Crippen molar-refractivity contribution in [2.45, 2.75) is 11.8 Å². The van der Waals surface area contributed by atoms with Gasteiger partial charge in [0.05, 0.1) is 5.69 Å². The minimum Gasteiger partial charge on any atom is -0.508 e. The fraction of sp³-hybridized carbons (Fsp3) is 0.0714. The molecule has 0 spiro atoms. The average molecular weight is 306 g/mol. The van der Waals surface area contributed by atoms with Crippen LogP contribution in [0.2, 0.25) is 0 Å². The number of rotatable bonds is 3. The van der Waals surface area contributed by atoms with E-state index in [0.717, 1.165) is 12.1 Å². The summed E-state index contributed by atoms with van der Waals surface area (Å²) >= 11 is 0. The normalized spacial score (nSPS) is 10.9. The molecule has 2 aromatic carbocycles. The molecular weight excluding hydrogens is 295 g/mol. The largest absolute Gasteiger partial charge is 0.508 e. The van der Waals surface area contributed by atoms with Gasteiger partial charge < -0.3 is 5.11 Å². The van der Waals surface area contributed by atoms with Gasteiger partial charge in [0.1, 0.15) is 28.1 Å². The second kappa shape index (κ2) is 5.42. The summed E-state index contributed by atoms with van der Waals surface area (Å²) < 4.78 is 40.3. The molecular formula is C14H11FN2O3S. The first-order valence-corrected chi connectivity index (χ1v) is 7.35. The van der Waals surface area contributed by atoms with Gasteiger partial charge in [0.2, 0.25) is 0 Å². The monoisotopic (exact) mass is 306 g/mol. The van der Waals surface area contributed by atoms with Crippen LogP contribution < -0.4 is 4.72 Å². The first-order chi connectivity index (χ1) is 9.86. The SMILES string of the molecule is Cc1c(O)cccc1NS(=O)(=O)c1cccc(F)c1C#N. The molecule has 0 aliphatic heterocycles. The number of nitrogens with zero attached hydrogens (tertiary/aromatic N) is 1. The third kappa shape index (κ3) is 2.80. The van der Waals surface area contributed by atoms with Gasteiger partial charge >= 0.3 is 0 Å². The summed E-state index contributed by atoms with van der Waals surface area (Å²) in [6.07, 6.45) is 0. The lowest BCUT2D eigenvalue weighted by molar-refractivity contribution is 0.471. The van der Waals surface area contributed by atoms with Gasteiger partial charge in [0, 0.05) is 5.56 Å². The van der Waals surface area contributed by atoms with E-state index in [1.54, 1.807) is 0 Å². The van der Waals surface area contributed by atoms with Gasteiger partial charge in [-0.15, -0.1) is 0 Å². The number of phenols is 1. The molecule has 0 saturated heterocycles. The van der Waals surface area contributed by atoms with Crippen molar-refractivity contribution >= 4 is 15.7 Å². The van der Waals surface area contributed by atoms with Crippen molar-refractivity contribution < 1.29 is 17.9 Å². The molecule has 0 amide bonds. The van der Waals surface area contributed by atoms with Gasteiger partial charge in [-0.3, -0.25) is 4.72 Å². The van der Waals surface area contributed by atoms with E-state index in [1.807, 2.05) is 0 Å². The van der Waals surface area contributed by atoms with Crippen LogP contribution in [-0.4, -0.2) is 13.5 Å². The Kier molecular flexibility index (Phi) is 3.82. The van der Waals surface area contributed by atoms with E-state index in [0.29, 0.717) is 5.56 Å². The van der Waals surface area contributed by atoms with Gasteiger partial charge in [0.15, 0.2) is 0 Å². The zero-order chi connectivity index (χ0) is 15.6. The Labute approximate surface area is 121 Å². The summed E-state index contributed by atoms with van der Waals surface area (Å²) in [6, 6.07) is 9.24. The van der Waals surface area contributed by atoms with Crippen molar-refractivity contribution in [3.63, 3.8) is 0 Å². The number of hydrogen-bond donors (Lipinski definition) is 2. The van der Waals surface area contributed by atoms with Crippen LogP contribution in [0.5, 0.6) is 5.75 Å². The topological polar surface area (TPSA) is 90.2 Å². The zero-order valence-electron chi connectivity index (χ0n) is 11.0. The number of nitrogens with one attached hydrogen (secondary N) is 1. The number of halogens is 1. The molecule has 0 unspecified atom stereocenters. The molecule has 2 rings (SSSR count). The molecule has 0 atom stereocenters. The minimum atomic E-state index is -4.14. The number of anilines is 1. The first kappa shape index (κ1) is 14.8. The van der Waals surface area contributed by atoms with Crippen molar-refractivity contribution in [2.24, 2.45) is 0 Å². The number of nitriles is 1.